The number of aromatic nitrogens is 2. The number of carbonyl (C=O) groups is 1. The van der Waals surface area contributed by atoms with Gasteiger partial charge in [-0.2, -0.15) is 18.3 Å². The molecule has 2 aromatic rings. The second-order valence-electron chi connectivity index (χ2n) is 5.13. The molecule has 1 aromatic heterocycles. The van der Waals surface area contributed by atoms with Gasteiger partial charge >= 0.3 is 12.1 Å². The van der Waals surface area contributed by atoms with Crippen LogP contribution in [0.5, 0.6) is 0 Å². The van der Waals surface area contributed by atoms with E-state index in [0.717, 1.165) is 0 Å². The van der Waals surface area contributed by atoms with E-state index >= 15 is 0 Å². The molecule has 6 nitrogen and oxygen atoms in total. The maximum Gasteiger partial charge on any atom is 0.410 e. The van der Waals surface area contributed by atoms with E-state index in [1.54, 1.807) is 0 Å². The number of methoxy groups -OCH3 is 1. The lowest BCUT2D eigenvalue weighted by molar-refractivity contribution is -0.164. The Labute approximate surface area is 151 Å². The van der Waals surface area contributed by atoms with Crippen molar-refractivity contribution in [1.29, 1.82) is 0 Å². The lowest BCUT2D eigenvalue weighted by atomic mass is 10.0. The third-order valence-corrected chi connectivity index (χ3v) is 3.53. The zero-order chi connectivity index (χ0) is 22.1. The Hall–Kier alpha value is -3.28. The molecular formula is C17H15F3N4O2. The fourth-order valence-electron chi connectivity index (χ4n) is 2.15. The number of rotatable bonds is 4. The van der Waals surface area contributed by atoms with Crippen molar-refractivity contribution in [3.63, 3.8) is 0 Å². The molecule has 1 unspecified atom stereocenters. The van der Waals surface area contributed by atoms with Crippen molar-refractivity contribution in [2.75, 3.05) is 12.8 Å². The molecule has 0 aliphatic carbocycles. The van der Waals surface area contributed by atoms with Crippen LogP contribution in [0.4, 0.5) is 24.7 Å². The van der Waals surface area contributed by atoms with Gasteiger partial charge in [-0.05, 0) is 18.0 Å². The predicted molar refractivity (Wildman–Crippen MR) is 90.2 cm³/mol. The highest BCUT2D eigenvalue weighted by molar-refractivity contribution is 6.15. The summed E-state index contributed by atoms with van der Waals surface area (Å²) in [5.74, 6) is -1.38. The first-order chi connectivity index (χ1) is 13.3. The molecule has 136 valence electrons. The molecule has 9 heteroatoms. The van der Waals surface area contributed by atoms with Crippen LogP contribution < -0.4 is 5.73 Å². The second-order valence-corrected chi connectivity index (χ2v) is 5.13. The SMILES string of the molecule is [2H]C([2H])([2H])C(n1nc(-c2ccc(C(=C)C(=O)OC)cc2)c([N+]#[C-])c1N)C(F)(F)F. The van der Waals surface area contributed by atoms with E-state index in [1.165, 1.54) is 31.4 Å². The number of benzene rings is 1. The van der Waals surface area contributed by atoms with Crippen LogP contribution in [0, 0.1) is 6.57 Å². The predicted octanol–water partition coefficient (Wildman–Crippen LogP) is 3.99. The van der Waals surface area contributed by atoms with Gasteiger partial charge in [0.25, 0.3) is 5.69 Å². The molecule has 0 aliphatic heterocycles. The molecule has 0 bridgehead atoms. The zero-order valence-corrected chi connectivity index (χ0v) is 13.5. The van der Waals surface area contributed by atoms with Gasteiger partial charge in [-0.15, -0.1) is 0 Å². The first-order valence-corrected chi connectivity index (χ1v) is 7.03. The van der Waals surface area contributed by atoms with E-state index in [4.69, 9.17) is 16.4 Å². The standard InChI is InChI=1S/C17H15F3N4O2/c1-9(16(25)26-4)11-5-7-12(8-6-11)13-14(22-3)15(21)24(23-13)10(2)17(18,19)20/h5-8,10H,1,21H2,2,4H3/i2D3. The Balaban J connectivity index is 2.59. The van der Waals surface area contributed by atoms with E-state index in [2.05, 4.69) is 21.3 Å². The molecular weight excluding hydrogens is 349 g/mol. The van der Waals surface area contributed by atoms with E-state index in [0.29, 0.717) is 5.56 Å². The fraction of sp³-hybridized carbons (Fsp3) is 0.235. The van der Waals surface area contributed by atoms with Gasteiger partial charge in [-0.1, -0.05) is 30.8 Å². The number of ether oxygens (including phenoxy) is 1. The zero-order valence-electron chi connectivity index (χ0n) is 16.5. The molecule has 0 spiro atoms. The number of anilines is 1. The molecule has 0 saturated carbocycles. The van der Waals surface area contributed by atoms with Crippen LogP contribution in [0.1, 0.15) is 22.6 Å². The maximum atomic E-state index is 13.4. The van der Waals surface area contributed by atoms with Crippen molar-refractivity contribution in [2.24, 2.45) is 0 Å². The number of nitrogen functional groups attached to an aromatic ring is 1. The van der Waals surface area contributed by atoms with Gasteiger partial charge < -0.3 is 10.5 Å². The highest BCUT2D eigenvalue weighted by Gasteiger charge is 2.39. The molecule has 1 atom stereocenters. The lowest BCUT2D eigenvalue weighted by Crippen LogP contribution is -2.25. The van der Waals surface area contributed by atoms with Crippen LogP contribution >= 0.6 is 0 Å². The monoisotopic (exact) mass is 367 g/mol. The fourth-order valence-corrected chi connectivity index (χ4v) is 2.15. The quantitative estimate of drug-likeness (QED) is 0.504. The summed E-state index contributed by atoms with van der Waals surface area (Å²) in [6.45, 7) is 7.32. The number of nitrogens with zero attached hydrogens (tertiary/aromatic N) is 3. The van der Waals surface area contributed by atoms with Gasteiger partial charge in [0.15, 0.2) is 0 Å². The van der Waals surface area contributed by atoms with Gasteiger partial charge in [0, 0.05) is 4.11 Å². The normalized spacial score (nSPS) is 14.5. The number of hydrogen-bond donors (Lipinski definition) is 1. The van der Waals surface area contributed by atoms with Crippen LogP contribution in [0.25, 0.3) is 21.7 Å². The second kappa shape index (κ2) is 6.92. The van der Waals surface area contributed by atoms with E-state index < -0.39 is 36.5 Å². The van der Waals surface area contributed by atoms with Gasteiger partial charge in [-0.3, -0.25) is 0 Å². The van der Waals surface area contributed by atoms with Crippen LogP contribution in [-0.4, -0.2) is 29.0 Å². The number of carbonyl (C=O) groups excluding carboxylic acids is 1. The van der Waals surface area contributed by atoms with Crippen molar-refractivity contribution < 1.29 is 26.8 Å². The van der Waals surface area contributed by atoms with Crippen molar-refractivity contribution in [3.05, 3.63) is 47.8 Å². The third-order valence-electron chi connectivity index (χ3n) is 3.53. The van der Waals surface area contributed by atoms with Crippen molar-refractivity contribution >= 4 is 23.0 Å². The molecule has 2 N–H and O–H groups in total. The Morgan fingerprint density at radius 1 is 1.46 bits per heavy atom. The number of nitrogens with two attached hydrogens (primary N) is 1. The van der Waals surface area contributed by atoms with Crippen molar-refractivity contribution in [3.8, 4) is 11.3 Å². The first kappa shape index (κ1) is 15.0. The van der Waals surface area contributed by atoms with Crippen molar-refractivity contribution in [1.82, 2.24) is 9.78 Å². The van der Waals surface area contributed by atoms with E-state index in [9.17, 15) is 18.0 Å². The largest absolute Gasteiger partial charge is 0.465 e. The summed E-state index contributed by atoms with van der Waals surface area (Å²) in [6, 6.07) is 2.64. The highest BCUT2D eigenvalue weighted by atomic mass is 19.4. The summed E-state index contributed by atoms with van der Waals surface area (Å²) >= 11 is 0. The van der Waals surface area contributed by atoms with Gasteiger partial charge in [0.2, 0.25) is 0 Å². The number of halogens is 3. The number of hydrogen-bond acceptors (Lipinski definition) is 4. The van der Waals surface area contributed by atoms with E-state index in [-0.39, 0.29) is 21.5 Å². The van der Waals surface area contributed by atoms with Crippen LogP contribution in [0.2, 0.25) is 0 Å². The maximum absolute atomic E-state index is 13.4. The highest BCUT2D eigenvalue weighted by Crippen LogP contribution is 2.40. The summed E-state index contributed by atoms with van der Waals surface area (Å²) in [5.41, 5.74) is 5.65. The topological polar surface area (TPSA) is 74.5 Å². The van der Waals surface area contributed by atoms with Gasteiger partial charge in [0.1, 0.15) is 17.6 Å². The Morgan fingerprint density at radius 3 is 2.54 bits per heavy atom. The number of esters is 1. The molecule has 26 heavy (non-hydrogen) atoms. The molecule has 0 aliphatic rings. The molecule has 1 heterocycles. The minimum atomic E-state index is -5.18. The van der Waals surface area contributed by atoms with Crippen LogP contribution in [0.3, 0.4) is 0 Å². The summed E-state index contributed by atoms with van der Waals surface area (Å²) in [5, 5.41) is 3.69. The molecule has 0 saturated heterocycles. The Bertz CT molecular complexity index is 976. The third kappa shape index (κ3) is 3.39. The Kier molecular flexibility index (Phi) is 3.99. The van der Waals surface area contributed by atoms with Crippen molar-refractivity contribution in [2.45, 2.75) is 19.1 Å². The minimum absolute atomic E-state index is 0.0500. The smallest absolute Gasteiger partial charge is 0.410 e. The van der Waals surface area contributed by atoms with Crippen LogP contribution in [0.15, 0.2) is 30.8 Å². The minimum Gasteiger partial charge on any atom is -0.465 e. The van der Waals surface area contributed by atoms with Gasteiger partial charge in [-0.25, -0.2) is 14.3 Å². The average Bonchev–Trinajstić information content (AvgIpc) is 2.94. The summed E-state index contributed by atoms with van der Waals surface area (Å²) in [6.07, 6.45) is -5.18. The molecule has 2 rings (SSSR count). The Morgan fingerprint density at radius 2 is 2.08 bits per heavy atom. The summed E-state index contributed by atoms with van der Waals surface area (Å²) in [4.78, 5) is 14.6. The lowest BCUT2D eigenvalue weighted by Gasteiger charge is -2.17. The molecule has 1 aromatic carbocycles. The van der Waals surface area contributed by atoms with Gasteiger partial charge in [0.05, 0.1) is 19.3 Å². The van der Waals surface area contributed by atoms with Crippen LogP contribution in [-0.2, 0) is 9.53 Å². The first-order valence-electron chi connectivity index (χ1n) is 8.53. The number of alkyl halides is 3. The average molecular weight is 367 g/mol. The summed E-state index contributed by atoms with van der Waals surface area (Å²) in [7, 11) is 1.18. The summed E-state index contributed by atoms with van der Waals surface area (Å²) < 4.78 is 66.4. The molecule has 0 amide bonds. The molecule has 0 radical (unpaired) electrons. The molecule has 0 fully saturated rings. The van der Waals surface area contributed by atoms with E-state index in [1.807, 2.05) is 0 Å².